The predicted molar refractivity (Wildman–Crippen MR) is 493 cm³/mol. The van der Waals surface area contributed by atoms with Gasteiger partial charge in [0.15, 0.2) is 0 Å². The number of thiophene rings is 3. The Morgan fingerprint density at radius 1 is 0.171 bits per heavy atom. The summed E-state index contributed by atoms with van der Waals surface area (Å²) in [5, 5.41) is 21.4. The maximum absolute atomic E-state index is 5.91. The molecule has 5 heteroatoms. The third kappa shape index (κ3) is 17.0. The van der Waals surface area contributed by atoms with Crippen molar-refractivity contribution in [2.45, 2.75) is 111 Å². The number of aryl methyl sites for hydroxylation is 16. The predicted octanol–water partition coefficient (Wildman–Crippen LogP) is 32.8. The van der Waals surface area contributed by atoms with Crippen LogP contribution in [-0.4, -0.2) is 0 Å². The molecule has 0 unspecified atom stereocenters. The van der Waals surface area contributed by atoms with E-state index in [9.17, 15) is 0 Å². The van der Waals surface area contributed by atoms with Crippen LogP contribution in [-0.2, 0) is 0 Å². The second-order valence-corrected chi connectivity index (χ2v) is 33.3. The Labute approximate surface area is 665 Å². The Kier molecular flexibility index (Phi) is 23.0. The molecule has 2 nitrogen and oxygen atoms in total. The van der Waals surface area contributed by atoms with Crippen molar-refractivity contribution in [1.29, 1.82) is 0 Å². The van der Waals surface area contributed by atoms with Crippen LogP contribution >= 0.6 is 34.0 Å². The molecule has 0 N–H and O–H groups in total. The van der Waals surface area contributed by atoms with Crippen molar-refractivity contribution < 1.29 is 8.83 Å². The van der Waals surface area contributed by atoms with Crippen molar-refractivity contribution >= 4 is 171 Å². The summed E-state index contributed by atoms with van der Waals surface area (Å²) in [7, 11) is 0. The van der Waals surface area contributed by atoms with Crippen molar-refractivity contribution in [3.05, 3.63) is 380 Å². The van der Waals surface area contributed by atoms with Gasteiger partial charge in [0.25, 0.3) is 0 Å². The average molecular weight is 1500 g/mol. The van der Waals surface area contributed by atoms with Gasteiger partial charge in [0.05, 0.1) is 0 Å². The quantitative estimate of drug-likeness (QED) is 0.151. The standard InChI is InChI=1S/2C14H12O.3C14H12S.3C12H12/c1-9-3-5-13-11(7-9)12-8-10(2)4-6-14(12)15-13;1-9-5-3-7-11-12-8-4-6-10(2)14(12)15-13(9)11;1-9-3-5-13-11(7-9)12-8-10(2)4-6-14(12)15-13;1-9-3-5-11-12-6-4-10(2)8-14(12)15-13(11)7-9;1-9-5-3-7-11-12-8-4-6-10(2)14(12)15-13(9)11;1-9-3-5-12-8-10(2)4-6-11(12)7-9;1-9-5-3-8-12-10(2)6-4-7-11(9)12;1-9-7-8-10(2)12-6-4-3-5-11(9)12/h5*3-8H,1-2H3;3*3-8H,1-2H3. The fraction of sp³-hybridized carbons (Fsp3) is 0.151. The molecule has 21 rings (SSSR count). The van der Waals surface area contributed by atoms with Crippen molar-refractivity contribution in [2.24, 2.45) is 0 Å². The zero-order valence-corrected chi connectivity index (χ0v) is 69.2. The summed E-state index contributed by atoms with van der Waals surface area (Å²) in [6, 6.07) is 104. The van der Waals surface area contributed by atoms with E-state index in [0.29, 0.717) is 0 Å². The van der Waals surface area contributed by atoms with Crippen LogP contribution in [0.1, 0.15) is 89.0 Å². The molecule has 0 saturated carbocycles. The van der Waals surface area contributed by atoms with E-state index in [1.807, 2.05) is 46.1 Å². The molecule has 550 valence electrons. The third-order valence-corrected chi connectivity index (χ3v) is 24.8. The Bertz CT molecular complexity index is 6300. The molecule has 111 heavy (non-hydrogen) atoms. The monoisotopic (exact) mass is 1500 g/mol. The van der Waals surface area contributed by atoms with Crippen LogP contribution in [0.4, 0.5) is 0 Å². The summed E-state index contributed by atoms with van der Waals surface area (Å²) in [5.74, 6) is 0. The van der Waals surface area contributed by atoms with Crippen LogP contribution in [0.5, 0.6) is 0 Å². The fourth-order valence-corrected chi connectivity index (χ4v) is 18.5. The van der Waals surface area contributed by atoms with Gasteiger partial charge in [-0.3, -0.25) is 0 Å². The van der Waals surface area contributed by atoms with Crippen LogP contribution in [0.3, 0.4) is 0 Å². The van der Waals surface area contributed by atoms with Crippen molar-refractivity contribution in [1.82, 2.24) is 0 Å². The smallest absolute Gasteiger partial charge is 0.138 e. The number of hydrogen-bond donors (Lipinski definition) is 0. The van der Waals surface area contributed by atoms with Crippen molar-refractivity contribution in [3.8, 4) is 0 Å². The fourth-order valence-electron chi connectivity index (χ4n) is 14.9. The van der Waals surface area contributed by atoms with Gasteiger partial charge < -0.3 is 8.83 Å². The molecule has 5 aromatic heterocycles. The zero-order chi connectivity index (χ0) is 77.7. The maximum atomic E-state index is 5.91. The molecular weight excluding hydrogens is 1400 g/mol. The van der Waals surface area contributed by atoms with Crippen LogP contribution in [0.2, 0.25) is 0 Å². The summed E-state index contributed by atoms with van der Waals surface area (Å²) in [4.78, 5) is 0. The molecule has 0 spiro atoms. The van der Waals surface area contributed by atoms with Crippen molar-refractivity contribution in [2.75, 3.05) is 0 Å². The highest BCUT2D eigenvalue weighted by Gasteiger charge is 2.13. The highest BCUT2D eigenvalue weighted by atomic mass is 32.1. The van der Waals surface area contributed by atoms with Crippen LogP contribution in [0.25, 0.3) is 137 Å². The van der Waals surface area contributed by atoms with E-state index in [1.165, 1.54) is 203 Å². The first kappa shape index (κ1) is 76.3. The van der Waals surface area contributed by atoms with E-state index >= 15 is 0 Å². The molecule has 21 aromatic rings. The lowest BCUT2D eigenvalue weighted by molar-refractivity contribution is 0.662. The number of benzene rings is 16. The summed E-state index contributed by atoms with van der Waals surface area (Å²) in [6.45, 7) is 34.2. The van der Waals surface area contributed by atoms with Gasteiger partial charge in [-0.05, 0) is 259 Å². The van der Waals surface area contributed by atoms with Gasteiger partial charge >= 0.3 is 0 Å². The van der Waals surface area contributed by atoms with E-state index in [0.717, 1.165) is 22.3 Å². The SMILES string of the molecule is Cc1ccc(C)c2ccccc12.Cc1ccc2c(c1)sc1cc(C)ccc12.Cc1ccc2cc(C)ccc2c1.Cc1ccc2oc3ccc(C)cc3c2c1.Cc1ccc2sc3ccc(C)cc3c2c1.Cc1cccc2c(C)cccc12.Cc1cccc2c1oc1c(C)cccc12.Cc1cccc2c1sc1c(C)cccc12. The Morgan fingerprint density at radius 3 is 0.883 bits per heavy atom. The lowest BCUT2D eigenvalue weighted by Gasteiger charge is -2.03. The molecule has 0 bridgehead atoms. The highest BCUT2D eigenvalue weighted by Crippen LogP contribution is 2.40. The highest BCUT2D eigenvalue weighted by molar-refractivity contribution is 7.26. The molecule has 0 saturated heterocycles. The van der Waals surface area contributed by atoms with E-state index < -0.39 is 0 Å². The molecular formula is C106H96O2S3. The van der Waals surface area contributed by atoms with Crippen LogP contribution in [0, 0.1) is 111 Å². The van der Waals surface area contributed by atoms with Crippen LogP contribution in [0.15, 0.2) is 300 Å². The average Bonchev–Trinajstić information content (AvgIpc) is 1.65. The van der Waals surface area contributed by atoms with Gasteiger partial charge in [0, 0.05) is 82.1 Å². The minimum Gasteiger partial charge on any atom is -0.456 e. The molecule has 0 amide bonds. The molecule has 0 radical (unpaired) electrons. The Hall–Kier alpha value is -11.4. The first-order valence-electron chi connectivity index (χ1n) is 38.4. The Morgan fingerprint density at radius 2 is 0.468 bits per heavy atom. The second kappa shape index (κ2) is 33.4. The van der Waals surface area contributed by atoms with E-state index in [1.54, 1.807) is 0 Å². The summed E-state index contributed by atoms with van der Waals surface area (Å²) < 4.78 is 20.1. The van der Waals surface area contributed by atoms with Gasteiger partial charge in [-0.1, -0.05) is 264 Å². The first-order valence-corrected chi connectivity index (χ1v) is 40.8. The largest absolute Gasteiger partial charge is 0.456 e. The number of para-hydroxylation sites is 2. The minimum atomic E-state index is 0.973. The lowest BCUT2D eigenvalue weighted by atomic mass is 10.0. The molecule has 0 fully saturated rings. The van der Waals surface area contributed by atoms with Crippen LogP contribution < -0.4 is 0 Å². The van der Waals surface area contributed by atoms with Gasteiger partial charge in [0.2, 0.25) is 0 Å². The Balaban J connectivity index is 0.000000106. The molecule has 0 aliphatic rings. The molecule has 5 heterocycles. The van der Waals surface area contributed by atoms with Gasteiger partial charge in [-0.2, -0.15) is 0 Å². The summed E-state index contributed by atoms with van der Waals surface area (Å²) in [6.07, 6.45) is 0. The van der Waals surface area contributed by atoms with E-state index in [-0.39, 0.29) is 0 Å². The second-order valence-electron chi connectivity index (χ2n) is 30.2. The first-order chi connectivity index (χ1) is 53.6. The maximum Gasteiger partial charge on any atom is 0.138 e. The van der Waals surface area contributed by atoms with Crippen molar-refractivity contribution in [3.63, 3.8) is 0 Å². The summed E-state index contributed by atoms with van der Waals surface area (Å²) >= 11 is 5.68. The topological polar surface area (TPSA) is 26.3 Å². The zero-order valence-electron chi connectivity index (χ0n) is 66.8. The molecule has 0 aliphatic carbocycles. The van der Waals surface area contributed by atoms with E-state index in [2.05, 4.69) is 390 Å². The number of rotatable bonds is 0. The van der Waals surface area contributed by atoms with Gasteiger partial charge in [0.1, 0.15) is 22.3 Å². The van der Waals surface area contributed by atoms with E-state index in [4.69, 9.17) is 8.83 Å². The minimum absolute atomic E-state index is 0.973. The van der Waals surface area contributed by atoms with Gasteiger partial charge in [-0.15, -0.1) is 34.0 Å². The number of hydrogen-bond acceptors (Lipinski definition) is 5. The lowest BCUT2D eigenvalue weighted by Crippen LogP contribution is -1.80. The molecule has 0 aliphatic heterocycles. The van der Waals surface area contributed by atoms with Gasteiger partial charge in [-0.25, -0.2) is 0 Å². The number of fused-ring (bicyclic) bond motifs is 18. The normalized spacial score (nSPS) is 11.1. The summed E-state index contributed by atoms with van der Waals surface area (Å²) in [5.41, 5.74) is 25.1. The number of furan rings is 2. The third-order valence-electron chi connectivity index (χ3n) is 21.1. The molecule has 0 atom stereocenters. The molecule has 16 aromatic carbocycles.